The normalized spacial score (nSPS) is 16.3. The third-order valence-corrected chi connectivity index (χ3v) is 7.62. The van der Waals surface area contributed by atoms with E-state index in [4.69, 9.17) is 9.47 Å². The number of aliphatic carboxylic acids is 1. The average molecular weight is 549 g/mol. The summed E-state index contributed by atoms with van der Waals surface area (Å²) in [4.78, 5) is 18.2. The van der Waals surface area contributed by atoms with E-state index in [1.807, 2.05) is 11.8 Å². The molecule has 6 nitrogen and oxygen atoms in total. The number of benzene rings is 2. The second kappa shape index (κ2) is 12.2. The van der Waals surface area contributed by atoms with Crippen LogP contribution in [0.3, 0.4) is 0 Å². The number of carbonyl (C=O) groups is 1. The third-order valence-electron chi connectivity index (χ3n) is 7.62. The SMILES string of the molecule is COc1ccc2ncc(C)c(C(F)CCC3(CC(=O)O)CCN(CCOc4cc(F)cc(F)c4F)CC3)c2c1. The summed E-state index contributed by atoms with van der Waals surface area (Å²) >= 11 is 0. The average Bonchev–Trinajstić information content (AvgIpc) is 2.90. The van der Waals surface area contributed by atoms with Crippen molar-refractivity contribution in [2.45, 2.75) is 45.2 Å². The number of nitrogens with zero attached hydrogens (tertiary/aromatic N) is 2. The highest BCUT2D eigenvalue weighted by molar-refractivity contribution is 5.85. The standard InChI is InChI=1S/C29H32F4N2O4/c1-18-17-34-24-4-3-20(38-2)15-21(24)27(18)22(31)5-6-29(16-26(36)37)7-9-35(10-8-29)11-12-39-25-14-19(30)13-23(32)28(25)33/h3-4,13-15,17,22H,5-12,16H2,1-2H3,(H,36,37). The molecule has 210 valence electrons. The fourth-order valence-corrected chi connectivity index (χ4v) is 5.42. The fraction of sp³-hybridized carbons (Fsp3) is 0.448. The van der Waals surface area contributed by atoms with Gasteiger partial charge < -0.3 is 14.6 Å². The quantitative estimate of drug-likeness (QED) is 0.221. The van der Waals surface area contributed by atoms with Crippen molar-refractivity contribution >= 4 is 16.9 Å². The predicted molar refractivity (Wildman–Crippen MR) is 138 cm³/mol. The number of carboxylic acids is 1. The highest BCUT2D eigenvalue weighted by Gasteiger charge is 2.37. The molecule has 1 N–H and O–H groups in total. The molecule has 1 unspecified atom stereocenters. The summed E-state index contributed by atoms with van der Waals surface area (Å²) < 4.78 is 66.9. The number of likely N-dealkylation sites (tertiary alicyclic amines) is 1. The van der Waals surface area contributed by atoms with Gasteiger partial charge in [0.15, 0.2) is 11.6 Å². The van der Waals surface area contributed by atoms with Gasteiger partial charge >= 0.3 is 5.97 Å². The number of rotatable bonds is 11. The van der Waals surface area contributed by atoms with Crippen LogP contribution in [0.15, 0.2) is 36.5 Å². The van der Waals surface area contributed by atoms with Gasteiger partial charge in [0.2, 0.25) is 5.82 Å². The molecule has 10 heteroatoms. The maximum Gasteiger partial charge on any atom is 0.303 e. The largest absolute Gasteiger partial charge is 0.497 e. The first-order valence-electron chi connectivity index (χ1n) is 12.9. The third kappa shape index (κ3) is 6.79. The topological polar surface area (TPSA) is 71.9 Å². The molecule has 1 fully saturated rings. The number of halogens is 4. The summed E-state index contributed by atoms with van der Waals surface area (Å²) in [6, 6.07) is 6.58. The van der Waals surface area contributed by atoms with Crippen LogP contribution in [0.1, 0.15) is 49.4 Å². The molecule has 0 aliphatic carbocycles. The smallest absolute Gasteiger partial charge is 0.303 e. The van der Waals surface area contributed by atoms with Crippen molar-refractivity contribution in [3.05, 3.63) is 65.1 Å². The Morgan fingerprint density at radius 2 is 1.92 bits per heavy atom. The molecule has 0 bridgehead atoms. The van der Waals surface area contributed by atoms with E-state index >= 15 is 4.39 Å². The monoisotopic (exact) mass is 548 g/mol. The zero-order chi connectivity index (χ0) is 28.2. The highest BCUT2D eigenvalue weighted by atomic mass is 19.2. The van der Waals surface area contributed by atoms with Crippen molar-refractivity contribution < 1.29 is 36.9 Å². The lowest BCUT2D eigenvalue weighted by Crippen LogP contribution is -2.42. The summed E-state index contributed by atoms with van der Waals surface area (Å²) in [5.74, 6) is -4.31. The zero-order valence-electron chi connectivity index (χ0n) is 22.0. The highest BCUT2D eigenvalue weighted by Crippen LogP contribution is 2.43. The van der Waals surface area contributed by atoms with Crippen LogP contribution < -0.4 is 9.47 Å². The van der Waals surface area contributed by atoms with Gasteiger partial charge in [0, 0.05) is 30.3 Å². The van der Waals surface area contributed by atoms with Gasteiger partial charge in [0.25, 0.3) is 0 Å². The van der Waals surface area contributed by atoms with Crippen LogP contribution in [-0.2, 0) is 4.79 Å². The van der Waals surface area contributed by atoms with Crippen LogP contribution in [0.4, 0.5) is 17.6 Å². The maximum atomic E-state index is 15.8. The molecule has 0 spiro atoms. The summed E-state index contributed by atoms with van der Waals surface area (Å²) in [5.41, 5.74) is 1.36. The molecular weight excluding hydrogens is 516 g/mol. The molecule has 1 aliphatic rings. The van der Waals surface area contributed by atoms with Crippen molar-refractivity contribution in [1.82, 2.24) is 9.88 Å². The Kier molecular flexibility index (Phi) is 8.94. The van der Waals surface area contributed by atoms with Gasteiger partial charge in [-0.3, -0.25) is 14.7 Å². The molecule has 1 aromatic heterocycles. The number of fused-ring (bicyclic) bond motifs is 1. The number of methoxy groups -OCH3 is 1. The Bertz CT molecular complexity index is 1330. The zero-order valence-corrected chi connectivity index (χ0v) is 22.0. The van der Waals surface area contributed by atoms with E-state index in [-0.39, 0.29) is 19.4 Å². The fourth-order valence-electron chi connectivity index (χ4n) is 5.42. The minimum Gasteiger partial charge on any atom is -0.497 e. The molecule has 1 saturated heterocycles. The predicted octanol–water partition coefficient (Wildman–Crippen LogP) is 6.40. The minimum atomic E-state index is -1.32. The van der Waals surface area contributed by atoms with E-state index in [1.165, 1.54) is 0 Å². The van der Waals surface area contributed by atoms with Crippen molar-refractivity contribution in [1.29, 1.82) is 0 Å². The number of aryl methyl sites for hydroxylation is 1. The lowest BCUT2D eigenvalue weighted by Gasteiger charge is -2.41. The molecule has 2 heterocycles. The number of carboxylic acid groups (broad SMARTS) is 1. The number of ether oxygens (including phenoxy) is 2. The molecule has 1 aliphatic heterocycles. The molecule has 0 saturated carbocycles. The van der Waals surface area contributed by atoms with Crippen molar-refractivity contribution in [3.63, 3.8) is 0 Å². The Morgan fingerprint density at radius 3 is 2.62 bits per heavy atom. The molecule has 39 heavy (non-hydrogen) atoms. The van der Waals surface area contributed by atoms with Crippen LogP contribution in [-0.4, -0.2) is 54.3 Å². The van der Waals surface area contributed by atoms with Crippen molar-refractivity contribution in [2.24, 2.45) is 5.41 Å². The van der Waals surface area contributed by atoms with Crippen molar-refractivity contribution in [2.75, 3.05) is 33.4 Å². The first kappa shape index (κ1) is 28.6. The van der Waals surface area contributed by atoms with Gasteiger partial charge in [0.05, 0.1) is 19.0 Å². The minimum absolute atomic E-state index is 0.0101. The van der Waals surface area contributed by atoms with Crippen LogP contribution in [0, 0.1) is 29.8 Å². The van der Waals surface area contributed by atoms with Gasteiger partial charge in [-0.2, -0.15) is 4.39 Å². The Morgan fingerprint density at radius 1 is 1.18 bits per heavy atom. The van der Waals surface area contributed by atoms with Gasteiger partial charge in [0.1, 0.15) is 24.3 Å². The molecule has 4 rings (SSSR count). The number of aromatic nitrogens is 1. The summed E-state index contributed by atoms with van der Waals surface area (Å²) in [5, 5.41) is 10.3. The Balaban J connectivity index is 1.39. The van der Waals surface area contributed by atoms with E-state index in [9.17, 15) is 23.1 Å². The second-order valence-electron chi connectivity index (χ2n) is 10.2. The lowest BCUT2D eigenvalue weighted by atomic mass is 9.71. The number of alkyl halides is 1. The maximum absolute atomic E-state index is 15.8. The van der Waals surface area contributed by atoms with Gasteiger partial charge in [-0.1, -0.05) is 0 Å². The van der Waals surface area contributed by atoms with E-state index in [2.05, 4.69) is 4.98 Å². The van der Waals surface area contributed by atoms with E-state index in [0.717, 1.165) is 11.6 Å². The van der Waals surface area contributed by atoms with Gasteiger partial charge in [-0.05, 0) is 80.4 Å². The van der Waals surface area contributed by atoms with E-state index < -0.39 is 40.8 Å². The van der Waals surface area contributed by atoms with Crippen LogP contribution >= 0.6 is 0 Å². The molecule has 0 amide bonds. The first-order valence-corrected chi connectivity index (χ1v) is 12.9. The lowest BCUT2D eigenvalue weighted by molar-refractivity contribution is -0.141. The number of pyridine rings is 1. The molecule has 0 radical (unpaired) electrons. The van der Waals surface area contributed by atoms with Gasteiger partial charge in [-0.15, -0.1) is 0 Å². The summed E-state index contributed by atoms with van der Waals surface area (Å²) in [7, 11) is 1.55. The number of hydrogen-bond donors (Lipinski definition) is 1. The summed E-state index contributed by atoms with van der Waals surface area (Å²) in [6.07, 6.45) is 1.92. The van der Waals surface area contributed by atoms with Gasteiger partial charge in [-0.25, -0.2) is 13.2 Å². The Hall–Kier alpha value is -3.40. The second-order valence-corrected chi connectivity index (χ2v) is 10.2. The molecular formula is C29H32F4N2O4. The van der Waals surface area contributed by atoms with Crippen LogP contribution in [0.5, 0.6) is 11.5 Å². The summed E-state index contributed by atoms with van der Waals surface area (Å²) in [6.45, 7) is 3.28. The van der Waals surface area contributed by atoms with Crippen LogP contribution in [0.2, 0.25) is 0 Å². The molecule has 1 atom stereocenters. The van der Waals surface area contributed by atoms with E-state index in [0.29, 0.717) is 67.2 Å². The van der Waals surface area contributed by atoms with Crippen LogP contribution in [0.25, 0.3) is 10.9 Å². The van der Waals surface area contributed by atoms with Crippen molar-refractivity contribution in [3.8, 4) is 11.5 Å². The Labute approximate surface area is 224 Å². The van der Waals surface area contributed by atoms with E-state index in [1.54, 1.807) is 31.5 Å². The molecule has 2 aromatic carbocycles. The first-order chi connectivity index (χ1) is 18.6. The number of hydrogen-bond acceptors (Lipinski definition) is 5. The molecule has 3 aromatic rings. The number of piperidine rings is 1.